The van der Waals surface area contributed by atoms with E-state index in [4.69, 9.17) is 15.4 Å². The highest BCUT2D eigenvalue weighted by Crippen LogP contribution is 2.24. The Bertz CT molecular complexity index is 688. The predicted molar refractivity (Wildman–Crippen MR) is 90.3 cm³/mol. The van der Waals surface area contributed by atoms with E-state index >= 15 is 0 Å². The van der Waals surface area contributed by atoms with Gasteiger partial charge in [0.25, 0.3) is 0 Å². The molecule has 0 spiro atoms. The van der Waals surface area contributed by atoms with Gasteiger partial charge in [-0.05, 0) is 19.1 Å². The van der Waals surface area contributed by atoms with Crippen molar-refractivity contribution in [1.29, 1.82) is 0 Å². The fourth-order valence-corrected chi connectivity index (χ4v) is 2.84. The standard InChI is InChI=1S/C17H22N4O3/c1-12(18)17(23)21-8-6-20(7-9-21)14-4-2-13(3-5-14)16-10-15(11-22)24-19-16/h2-5,10,12,22H,6-9,11,18H2,1H3/t12-/m0/s1. The summed E-state index contributed by atoms with van der Waals surface area (Å²) in [6.07, 6.45) is 0. The summed E-state index contributed by atoms with van der Waals surface area (Å²) in [5.74, 6) is 0.458. The maximum Gasteiger partial charge on any atom is 0.239 e. The average Bonchev–Trinajstić information content (AvgIpc) is 3.10. The van der Waals surface area contributed by atoms with Gasteiger partial charge in [-0.15, -0.1) is 0 Å². The van der Waals surface area contributed by atoms with Gasteiger partial charge < -0.3 is 25.2 Å². The fraction of sp³-hybridized carbons (Fsp3) is 0.412. The van der Waals surface area contributed by atoms with Crippen molar-refractivity contribution in [2.45, 2.75) is 19.6 Å². The second-order valence-electron chi connectivity index (χ2n) is 5.98. The second kappa shape index (κ2) is 7.02. The summed E-state index contributed by atoms with van der Waals surface area (Å²) in [4.78, 5) is 16.0. The molecule has 1 aromatic carbocycles. The van der Waals surface area contributed by atoms with Crippen LogP contribution in [0.5, 0.6) is 0 Å². The van der Waals surface area contributed by atoms with Gasteiger partial charge in [-0.2, -0.15) is 0 Å². The molecule has 2 heterocycles. The maximum absolute atomic E-state index is 11.9. The van der Waals surface area contributed by atoms with Crippen LogP contribution in [0.25, 0.3) is 11.3 Å². The highest BCUT2D eigenvalue weighted by atomic mass is 16.5. The van der Waals surface area contributed by atoms with Gasteiger partial charge >= 0.3 is 0 Å². The fourth-order valence-electron chi connectivity index (χ4n) is 2.84. The number of anilines is 1. The van der Waals surface area contributed by atoms with E-state index in [9.17, 15) is 4.79 Å². The largest absolute Gasteiger partial charge is 0.388 e. The maximum atomic E-state index is 11.9. The number of piperazine rings is 1. The van der Waals surface area contributed by atoms with Crippen molar-refractivity contribution in [3.8, 4) is 11.3 Å². The molecule has 128 valence electrons. The molecular formula is C17H22N4O3. The normalized spacial score (nSPS) is 16.3. The van der Waals surface area contributed by atoms with Crippen LogP contribution in [0.3, 0.4) is 0 Å². The number of amides is 1. The van der Waals surface area contributed by atoms with Crippen molar-refractivity contribution >= 4 is 11.6 Å². The summed E-state index contributed by atoms with van der Waals surface area (Å²) in [6.45, 7) is 4.51. The number of carbonyl (C=O) groups is 1. The summed E-state index contributed by atoms with van der Waals surface area (Å²) < 4.78 is 5.01. The van der Waals surface area contributed by atoms with Crippen LogP contribution in [-0.2, 0) is 11.4 Å². The third-order valence-corrected chi connectivity index (χ3v) is 4.22. The van der Waals surface area contributed by atoms with E-state index in [0.717, 1.165) is 24.3 Å². The lowest BCUT2D eigenvalue weighted by Crippen LogP contribution is -2.52. The number of rotatable bonds is 4. The van der Waals surface area contributed by atoms with Crippen LogP contribution in [0.15, 0.2) is 34.9 Å². The summed E-state index contributed by atoms with van der Waals surface area (Å²) >= 11 is 0. The number of hydrogen-bond donors (Lipinski definition) is 2. The summed E-state index contributed by atoms with van der Waals surface area (Å²) in [6, 6.07) is 9.31. The quantitative estimate of drug-likeness (QED) is 0.862. The minimum atomic E-state index is -0.442. The SMILES string of the molecule is C[C@H](N)C(=O)N1CCN(c2ccc(-c3cc(CO)on3)cc2)CC1. The molecule has 3 rings (SSSR count). The first-order valence-corrected chi connectivity index (χ1v) is 8.04. The van der Waals surface area contributed by atoms with Crippen molar-refractivity contribution < 1.29 is 14.4 Å². The van der Waals surface area contributed by atoms with Gasteiger partial charge in [-0.25, -0.2) is 0 Å². The molecule has 1 fully saturated rings. The van der Waals surface area contributed by atoms with E-state index < -0.39 is 6.04 Å². The Morgan fingerprint density at radius 3 is 2.50 bits per heavy atom. The van der Waals surface area contributed by atoms with Gasteiger partial charge in [0.15, 0.2) is 5.76 Å². The molecule has 0 radical (unpaired) electrons. The molecule has 1 aliphatic heterocycles. The predicted octanol–water partition coefficient (Wildman–Crippen LogP) is 0.830. The van der Waals surface area contributed by atoms with Crippen LogP contribution >= 0.6 is 0 Å². The van der Waals surface area contributed by atoms with Crippen LogP contribution in [0, 0.1) is 0 Å². The molecule has 2 aromatic rings. The van der Waals surface area contributed by atoms with Gasteiger partial charge in [0.05, 0.1) is 6.04 Å². The summed E-state index contributed by atoms with van der Waals surface area (Å²) in [7, 11) is 0. The average molecular weight is 330 g/mol. The lowest BCUT2D eigenvalue weighted by atomic mass is 10.1. The Kier molecular flexibility index (Phi) is 4.82. The molecular weight excluding hydrogens is 308 g/mol. The Hall–Kier alpha value is -2.38. The molecule has 1 aromatic heterocycles. The molecule has 7 heteroatoms. The topological polar surface area (TPSA) is 95.8 Å². The third-order valence-electron chi connectivity index (χ3n) is 4.22. The number of nitrogens with zero attached hydrogens (tertiary/aromatic N) is 3. The Labute approximate surface area is 140 Å². The van der Waals surface area contributed by atoms with E-state index in [1.807, 2.05) is 29.2 Å². The van der Waals surface area contributed by atoms with Crippen molar-refractivity contribution in [3.63, 3.8) is 0 Å². The smallest absolute Gasteiger partial charge is 0.239 e. The Morgan fingerprint density at radius 2 is 1.96 bits per heavy atom. The molecule has 3 N–H and O–H groups in total. The highest BCUT2D eigenvalue weighted by Gasteiger charge is 2.23. The van der Waals surface area contributed by atoms with Crippen molar-refractivity contribution in [2.75, 3.05) is 31.1 Å². The van der Waals surface area contributed by atoms with Crippen LogP contribution in [0.1, 0.15) is 12.7 Å². The van der Waals surface area contributed by atoms with Gasteiger partial charge in [0, 0.05) is 43.5 Å². The van der Waals surface area contributed by atoms with Gasteiger partial charge in [-0.3, -0.25) is 4.79 Å². The summed E-state index contributed by atoms with van der Waals surface area (Å²) in [5.41, 5.74) is 8.42. The zero-order valence-corrected chi connectivity index (χ0v) is 13.7. The van der Waals surface area contributed by atoms with Gasteiger partial charge in [0.2, 0.25) is 5.91 Å². The van der Waals surface area contributed by atoms with Gasteiger partial charge in [-0.1, -0.05) is 17.3 Å². The second-order valence-corrected chi connectivity index (χ2v) is 5.98. The lowest BCUT2D eigenvalue weighted by Gasteiger charge is -2.36. The van der Waals surface area contributed by atoms with E-state index in [1.165, 1.54) is 0 Å². The van der Waals surface area contributed by atoms with E-state index in [0.29, 0.717) is 24.5 Å². The summed E-state index contributed by atoms with van der Waals surface area (Å²) in [5, 5.41) is 13.0. The van der Waals surface area contributed by atoms with Crippen LogP contribution in [-0.4, -0.2) is 53.3 Å². The first-order chi connectivity index (χ1) is 11.6. The number of benzene rings is 1. The zero-order chi connectivity index (χ0) is 17.1. The Balaban J connectivity index is 1.63. The van der Waals surface area contributed by atoms with Crippen LogP contribution in [0.2, 0.25) is 0 Å². The van der Waals surface area contributed by atoms with Crippen LogP contribution in [0.4, 0.5) is 5.69 Å². The zero-order valence-electron chi connectivity index (χ0n) is 13.7. The molecule has 7 nitrogen and oxygen atoms in total. The van der Waals surface area contributed by atoms with Gasteiger partial charge in [0.1, 0.15) is 12.3 Å². The number of nitrogens with two attached hydrogens (primary N) is 1. The minimum Gasteiger partial charge on any atom is -0.388 e. The minimum absolute atomic E-state index is 0.00992. The lowest BCUT2D eigenvalue weighted by molar-refractivity contribution is -0.132. The van der Waals surface area contributed by atoms with Crippen molar-refractivity contribution in [1.82, 2.24) is 10.1 Å². The third kappa shape index (κ3) is 3.42. The van der Waals surface area contributed by atoms with E-state index in [-0.39, 0.29) is 12.5 Å². The molecule has 1 amide bonds. The molecule has 1 aliphatic rings. The molecule has 0 unspecified atom stereocenters. The first-order valence-electron chi connectivity index (χ1n) is 8.04. The van der Waals surface area contributed by atoms with Crippen molar-refractivity contribution in [3.05, 3.63) is 36.1 Å². The Morgan fingerprint density at radius 1 is 1.29 bits per heavy atom. The number of aromatic nitrogens is 1. The molecule has 1 atom stereocenters. The molecule has 0 saturated carbocycles. The highest BCUT2D eigenvalue weighted by molar-refractivity contribution is 5.81. The monoisotopic (exact) mass is 330 g/mol. The van der Waals surface area contributed by atoms with Crippen LogP contribution < -0.4 is 10.6 Å². The molecule has 24 heavy (non-hydrogen) atoms. The molecule has 0 aliphatic carbocycles. The van der Waals surface area contributed by atoms with Crippen molar-refractivity contribution in [2.24, 2.45) is 5.73 Å². The number of hydrogen-bond acceptors (Lipinski definition) is 6. The molecule has 0 bridgehead atoms. The van der Waals surface area contributed by atoms with E-state index in [2.05, 4.69) is 10.1 Å². The first kappa shape index (κ1) is 16.5. The number of carbonyl (C=O) groups excluding carboxylic acids is 1. The van der Waals surface area contributed by atoms with E-state index in [1.54, 1.807) is 13.0 Å². The molecule has 1 saturated heterocycles. The number of aliphatic hydroxyl groups is 1. The number of aliphatic hydroxyl groups excluding tert-OH is 1.